The summed E-state index contributed by atoms with van der Waals surface area (Å²) in [5.74, 6) is 0.227. The molecule has 134 valence electrons. The van der Waals surface area contributed by atoms with Gasteiger partial charge in [0.25, 0.3) is 0 Å². The maximum atomic E-state index is 10.0. The highest BCUT2D eigenvalue weighted by Crippen LogP contribution is 2.33. The predicted molar refractivity (Wildman–Crippen MR) is 107 cm³/mol. The number of phenolic OH excluding ortho intramolecular Hbond substituents is 1. The molecule has 4 nitrogen and oxygen atoms in total. The molecule has 1 N–H and O–H groups in total. The van der Waals surface area contributed by atoms with Gasteiger partial charge in [-0.3, -0.25) is 9.88 Å². The molecule has 3 aromatic rings. The van der Waals surface area contributed by atoms with Crippen molar-refractivity contribution in [2.45, 2.75) is 6.54 Å². The first kappa shape index (κ1) is 17.4. The third kappa shape index (κ3) is 3.32. The molecule has 1 aliphatic heterocycles. The number of halogens is 2. The van der Waals surface area contributed by atoms with Gasteiger partial charge in [-0.2, -0.15) is 0 Å². The topological polar surface area (TPSA) is 39.6 Å². The van der Waals surface area contributed by atoms with Gasteiger partial charge in [0.1, 0.15) is 11.3 Å². The normalized spacial score (nSPS) is 15.5. The molecule has 0 aliphatic carbocycles. The van der Waals surface area contributed by atoms with Gasteiger partial charge in [0, 0.05) is 44.3 Å². The zero-order chi connectivity index (χ0) is 18.1. The van der Waals surface area contributed by atoms with Crippen LogP contribution in [0.2, 0.25) is 10.0 Å². The van der Waals surface area contributed by atoms with E-state index in [9.17, 15) is 5.11 Å². The summed E-state index contributed by atoms with van der Waals surface area (Å²) in [6.45, 7) is 4.50. The van der Waals surface area contributed by atoms with Gasteiger partial charge in [-0.15, -0.1) is 0 Å². The number of benzene rings is 2. The number of hydrogen-bond donors (Lipinski definition) is 1. The maximum Gasteiger partial charge on any atom is 0.141 e. The minimum absolute atomic E-state index is 0.227. The quantitative estimate of drug-likeness (QED) is 0.714. The van der Waals surface area contributed by atoms with Crippen LogP contribution in [0.3, 0.4) is 0 Å². The molecule has 0 bridgehead atoms. The Balaban J connectivity index is 1.48. The number of fused-ring (bicyclic) bond motifs is 1. The van der Waals surface area contributed by atoms with Crippen molar-refractivity contribution >= 4 is 39.8 Å². The van der Waals surface area contributed by atoms with Gasteiger partial charge in [-0.25, -0.2) is 0 Å². The largest absolute Gasteiger partial charge is 0.506 e. The van der Waals surface area contributed by atoms with E-state index in [1.807, 2.05) is 36.4 Å². The molecule has 0 atom stereocenters. The summed E-state index contributed by atoms with van der Waals surface area (Å²) < 4.78 is 0. The second-order valence-corrected chi connectivity index (χ2v) is 7.26. The number of nitrogens with zero attached hydrogens (tertiary/aromatic N) is 3. The Morgan fingerprint density at radius 1 is 0.962 bits per heavy atom. The van der Waals surface area contributed by atoms with Crippen LogP contribution in [0, 0.1) is 0 Å². The average molecular weight is 388 g/mol. The van der Waals surface area contributed by atoms with Crippen LogP contribution in [0.25, 0.3) is 10.9 Å². The summed E-state index contributed by atoms with van der Waals surface area (Å²) in [5, 5.41) is 12.2. The Kier molecular flexibility index (Phi) is 4.90. The van der Waals surface area contributed by atoms with Crippen molar-refractivity contribution in [2.24, 2.45) is 0 Å². The van der Waals surface area contributed by atoms with Gasteiger partial charge in [-0.05, 0) is 29.8 Å². The lowest BCUT2D eigenvalue weighted by molar-refractivity contribution is 0.250. The first-order valence-corrected chi connectivity index (χ1v) is 9.36. The summed E-state index contributed by atoms with van der Waals surface area (Å²) >= 11 is 12.5. The van der Waals surface area contributed by atoms with Crippen molar-refractivity contribution in [3.8, 4) is 5.75 Å². The van der Waals surface area contributed by atoms with Crippen molar-refractivity contribution in [3.05, 3.63) is 64.3 Å². The number of anilines is 1. The molecule has 4 rings (SSSR count). The van der Waals surface area contributed by atoms with Crippen molar-refractivity contribution in [3.63, 3.8) is 0 Å². The fourth-order valence-electron chi connectivity index (χ4n) is 3.48. The maximum absolute atomic E-state index is 10.0. The molecule has 0 radical (unpaired) electrons. The van der Waals surface area contributed by atoms with Gasteiger partial charge < -0.3 is 10.0 Å². The van der Waals surface area contributed by atoms with Crippen LogP contribution in [0.4, 0.5) is 5.69 Å². The molecule has 2 aromatic carbocycles. The summed E-state index contributed by atoms with van der Waals surface area (Å²) in [7, 11) is 0. The average Bonchev–Trinajstić information content (AvgIpc) is 2.67. The highest BCUT2D eigenvalue weighted by atomic mass is 35.5. The Bertz CT molecular complexity index is 939. The summed E-state index contributed by atoms with van der Waals surface area (Å²) in [6, 6.07) is 13.4. The molecule has 2 heterocycles. The van der Waals surface area contributed by atoms with Crippen LogP contribution in [0.5, 0.6) is 5.75 Å². The SMILES string of the molecule is Oc1ccc(CN2CCN(c3cccc(Cl)c3Cl)CC2)c2cccnc12. The van der Waals surface area contributed by atoms with Gasteiger partial charge >= 0.3 is 0 Å². The summed E-state index contributed by atoms with van der Waals surface area (Å²) in [4.78, 5) is 8.99. The third-order valence-corrected chi connectivity index (χ3v) is 5.69. The van der Waals surface area contributed by atoms with Crippen LogP contribution in [-0.2, 0) is 6.54 Å². The van der Waals surface area contributed by atoms with E-state index in [1.165, 1.54) is 5.56 Å². The first-order valence-electron chi connectivity index (χ1n) is 8.60. The fourth-order valence-corrected chi connectivity index (χ4v) is 3.89. The van der Waals surface area contributed by atoms with Crippen molar-refractivity contribution < 1.29 is 5.11 Å². The zero-order valence-corrected chi connectivity index (χ0v) is 15.7. The molecule has 1 saturated heterocycles. The Morgan fingerprint density at radius 2 is 1.77 bits per heavy atom. The minimum Gasteiger partial charge on any atom is -0.506 e. The van der Waals surface area contributed by atoms with E-state index in [2.05, 4.69) is 14.8 Å². The van der Waals surface area contributed by atoms with Crippen molar-refractivity contribution in [2.75, 3.05) is 31.1 Å². The van der Waals surface area contributed by atoms with E-state index < -0.39 is 0 Å². The van der Waals surface area contributed by atoms with Crippen LogP contribution in [0.1, 0.15) is 5.56 Å². The molecule has 0 unspecified atom stereocenters. The van der Waals surface area contributed by atoms with Gasteiger partial charge in [-0.1, -0.05) is 41.4 Å². The van der Waals surface area contributed by atoms with E-state index in [-0.39, 0.29) is 5.75 Å². The predicted octanol–water partition coefficient (Wildman–Crippen LogP) is 4.57. The van der Waals surface area contributed by atoms with Crippen LogP contribution < -0.4 is 4.90 Å². The second kappa shape index (κ2) is 7.31. The monoisotopic (exact) mass is 387 g/mol. The number of aromatic nitrogens is 1. The first-order chi connectivity index (χ1) is 12.6. The Hall–Kier alpha value is -2.01. The number of phenols is 1. The van der Waals surface area contributed by atoms with E-state index in [0.717, 1.165) is 43.8 Å². The van der Waals surface area contributed by atoms with E-state index >= 15 is 0 Å². The molecular weight excluding hydrogens is 369 g/mol. The van der Waals surface area contributed by atoms with E-state index in [1.54, 1.807) is 12.3 Å². The summed E-state index contributed by atoms with van der Waals surface area (Å²) in [6.07, 6.45) is 1.71. The molecule has 0 saturated carbocycles. The molecule has 0 amide bonds. The standard InChI is InChI=1S/C20H19Cl2N3O/c21-16-4-1-5-17(19(16)22)25-11-9-24(10-12-25)13-14-6-7-18(26)20-15(14)3-2-8-23-20/h1-8,26H,9-13H2. The van der Waals surface area contributed by atoms with Crippen LogP contribution >= 0.6 is 23.2 Å². The molecule has 1 aromatic heterocycles. The highest BCUT2D eigenvalue weighted by Gasteiger charge is 2.20. The van der Waals surface area contributed by atoms with Crippen molar-refractivity contribution in [1.82, 2.24) is 9.88 Å². The van der Waals surface area contributed by atoms with Crippen LogP contribution in [0.15, 0.2) is 48.7 Å². The molecular formula is C20H19Cl2N3O. The van der Waals surface area contributed by atoms with E-state index in [0.29, 0.717) is 15.6 Å². The Labute approximate surface area is 162 Å². The zero-order valence-electron chi connectivity index (χ0n) is 14.2. The number of rotatable bonds is 3. The van der Waals surface area contributed by atoms with Crippen LogP contribution in [-0.4, -0.2) is 41.2 Å². The summed E-state index contributed by atoms with van der Waals surface area (Å²) in [5.41, 5.74) is 2.84. The minimum atomic E-state index is 0.227. The van der Waals surface area contributed by atoms with E-state index in [4.69, 9.17) is 23.2 Å². The van der Waals surface area contributed by atoms with Gasteiger partial charge in [0.15, 0.2) is 0 Å². The number of hydrogen-bond acceptors (Lipinski definition) is 4. The number of piperazine rings is 1. The fraction of sp³-hybridized carbons (Fsp3) is 0.250. The molecule has 0 spiro atoms. The molecule has 1 aliphatic rings. The number of pyridine rings is 1. The van der Waals surface area contributed by atoms with Gasteiger partial charge in [0.2, 0.25) is 0 Å². The lowest BCUT2D eigenvalue weighted by Gasteiger charge is -2.36. The lowest BCUT2D eigenvalue weighted by Crippen LogP contribution is -2.46. The highest BCUT2D eigenvalue weighted by molar-refractivity contribution is 6.43. The smallest absolute Gasteiger partial charge is 0.141 e. The lowest BCUT2D eigenvalue weighted by atomic mass is 10.1. The number of aromatic hydroxyl groups is 1. The van der Waals surface area contributed by atoms with Gasteiger partial charge in [0.05, 0.1) is 15.7 Å². The Morgan fingerprint density at radius 3 is 2.58 bits per heavy atom. The second-order valence-electron chi connectivity index (χ2n) is 6.48. The molecule has 6 heteroatoms. The third-order valence-electron chi connectivity index (χ3n) is 4.88. The van der Waals surface area contributed by atoms with Crippen molar-refractivity contribution in [1.29, 1.82) is 0 Å². The molecule has 1 fully saturated rings. The molecule has 26 heavy (non-hydrogen) atoms.